The van der Waals surface area contributed by atoms with Crippen LogP contribution < -0.4 is 10.0 Å². The molecule has 0 aliphatic carbocycles. The van der Waals surface area contributed by atoms with Crippen LogP contribution in [0.5, 0.6) is 0 Å². The highest BCUT2D eigenvalue weighted by Gasteiger charge is 2.21. The van der Waals surface area contributed by atoms with Gasteiger partial charge in [0.2, 0.25) is 10.0 Å². The number of hydrogen-bond acceptors (Lipinski definition) is 6. The first-order chi connectivity index (χ1) is 11.2. The Bertz CT molecular complexity index is 811. The number of benzene rings is 1. The number of nitrogens with one attached hydrogen (secondary N) is 2. The average molecular weight is 393 g/mol. The van der Waals surface area contributed by atoms with E-state index in [0.717, 1.165) is 6.07 Å². The third-order valence-electron chi connectivity index (χ3n) is 3.32. The fraction of sp³-hybridized carbons (Fsp3) is 0.467. The number of rotatable bonds is 7. The highest BCUT2D eigenvalue weighted by Crippen LogP contribution is 2.24. The number of hydrogen-bond donors (Lipinski definition) is 2. The van der Waals surface area contributed by atoms with Crippen LogP contribution in [0, 0.1) is 5.82 Å². The summed E-state index contributed by atoms with van der Waals surface area (Å²) in [5, 5.41) is 6.84. The third kappa shape index (κ3) is 5.46. The minimum Gasteiger partial charge on any atom is -0.334 e. The maximum absolute atomic E-state index is 14.1. The average Bonchev–Trinajstić information content (AvgIpc) is 2.94. The Morgan fingerprint density at radius 2 is 1.96 bits per heavy atom. The normalized spacial score (nSPS) is 12.9. The van der Waals surface area contributed by atoms with E-state index in [4.69, 9.17) is 4.52 Å². The van der Waals surface area contributed by atoms with Gasteiger partial charge in [0.05, 0.1) is 10.5 Å². The van der Waals surface area contributed by atoms with E-state index >= 15 is 0 Å². The minimum atomic E-state index is -3.74. The summed E-state index contributed by atoms with van der Waals surface area (Å²) < 4.78 is 46.1. The minimum absolute atomic E-state index is 0. The second-order valence-corrected chi connectivity index (χ2v) is 7.54. The van der Waals surface area contributed by atoms with Gasteiger partial charge in [-0.05, 0) is 46.0 Å². The highest BCUT2D eigenvalue weighted by atomic mass is 35.5. The molecule has 140 valence electrons. The molecule has 7 nitrogen and oxygen atoms in total. The number of halogens is 2. The van der Waals surface area contributed by atoms with Crippen molar-refractivity contribution in [1.82, 2.24) is 20.2 Å². The molecule has 2 rings (SSSR count). The number of sulfonamides is 1. The lowest BCUT2D eigenvalue weighted by Gasteiger charge is -2.10. The van der Waals surface area contributed by atoms with Gasteiger partial charge in [-0.1, -0.05) is 5.16 Å². The zero-order valence-electron chi connectivity index (χ0n) is 14.4. The molecule has 0 fully saturated rings. The SMILES string of the molecule is CNC(C)Cc1noc(-c2cc(S(=O)(=O)NC(C)C)ccc2F)n1.Cl. The van der Waals surface area contributed by atoms with E-state index in [1.165, 1.54) is 12.1 Å². The molecule has 0 saturated carbocycles. The van der Waals surface area contributed by atoms with Gasteiger partial charge in [-0.3, -0.25) is 0 Å². The van der Waals surface area contributed by atoms with Crippen LogP contribution in [0.25, 0.3) is 11.5 Å². The molecular formula is C15H22ClFN4O3S. The lowest BCUT2D eigenvalue weighted by molar-refractivity contribution is 0.416. The van der Waals surface area contributed by atoms with Crippen molar-refractivity contribution in [1.29, 1.82) is 0 Å². The molecule has 1 aromatic heterocycles. The van der Waals surface area contributed by atoms with E-state index in [-0.39, 0.29) is 40.8 Å². The van der Waals surface area contributed by atoms with Gasteiger partial charge in [-0.25, -0.2) is 17.5 Å². The summed E-state index contributed by atoms with van der Waals surface area (Å²) in [4.78, 5) is 4.08. The summed E-state index contributed by atoms with van der Waals surface area (Å²) in [7, 11) is -1.93. The van der Waals surface area contributed by atoms with Crippen LogP contribution in [-0.2, 0) is 16.4 Å². The predicted molar refractivity (Wildman–Crippen MR) is 94.6 cm³/mol. The fourth-order valence-corrected chi connectivity index (χ4v) is 3.31. The van der Waals surface area contributed by atoms with Gasteiger partial charge in [-0.15, -0.1) is 12.4 Å². The van der Waals surface area contributed by atoms with Crippen LogP contribution in [0.1, 0.15) is 26.6 Å². The Hall–Kier alpha value is -1.55. The van der Waals surface area contributed by atoms with Crippen molar-refractivity contribution in [2.24, 2.45) is 0 Å². The summed E-state index contributed by atoms with van der Waals surface area (Å²) in [5.41, 5.74) is -0.0440. The Labute approximate surface area is 152 Å². The van der Waals surface area contributed by atoms with Crippen LogP contribution in [0.15, 0.2) is 27.6 Å². The first-order valence-electron chi connectivity index (χ1n) is 7.55. The van der Waals surface area contributed by atoms with E-state index in [9.17, 15) is 12.8 Å². The molecule has 25 heavy (non-hydrogen) atoms. The molecule has 1 heterocycles. The second-order valence-electron chi connectivity index (χ2n) is 5.83. The van der Waals surface area contributed by atoms with Gasteiger partial charge in [0.15, 0.2) is 5.82 Å². The molecule has 2 aromatic rings. The molecule has 0 saturated heterocycles. The van der Waals surface area contributed by atoms with Gasteiger partial charge < -0.3 is 9.84 Å². The van der Waals surface area contributed by atoms with Gasteiger partial charge >= 0.3 is 0 Å². The van der Waals surface area contributed by atoms with Crippen molar-refractivity contribution in [3.05, 3.63) is 29.8 Å². The van der Waals surface area contributed by atoms with Gasteiger partial charge in [0.25, 0.3) is 5.89 Å². The Balaban J connectivity index is 0.00000312. The standard InChI is InChI=1S/C15H21FN4O3S.ClH/c1-9(2)20-24(21,22)11-5-6-13(16)12(8-11)15-18-14(19-23-15)7-10(3)17-4;/h5-6,8-10,17,20H,7H2,1-4H3;1H. The summed E-state index contributed by atoms with van der Waals surface area (Å²) >= 11 is 0. The Kier molecular flexibility index (Phi) is 7.48. The van der Waals surface area contributed by atoms with E-state index < -0.39 is 15.8 Å². The quantitative estimate of drug-likeness (QED) is 0.749. The molecule has 1 aromatic carbocycles. The van der Waals surface area contributed by atoms with Crippen LogP contribution in [-0.4, -0.2) is 37.7 Å². The molecule has 1 unspecified atom stereocenters. The van der Waals surface area contributed by atoms with Crippen molar-refractivity contribution < 1.29 is 17.3 Å². The third-order valence-corrected chi connectivity index (χ3v) is 4.98. The summed E-state index contributed by atoms with van der Waals surface area (Å²) in [6, 6.07) is 3.32. The summed E-state index contributed by atoms with van der Waals surface area (Å²) in [5.74, 6) is -0.262. The molecule has 10 heteroatoms. The molecular weight excluding hydrogens is 371 g/mol. The Morgan fingerprint density at radius 1 is 1.28 bits per heavy atom. The topological polar surface area (TPSA) is 97.1 Å². The van der Waals surface area contributed by atoms with Crippen molar-refractivity contribution in [3.8, 4) is 11.5 Å². The highest BCUT2D eigenvalue weighted by molar-refractivity contribution is 7.89. The lowest BCUT2D eigenvalue weighted by atomic mass is 10.2. The van der Waals surface area contributed by atoms with Crippen molar-refractivity contribution in [2.45, 2.75) is 44.2 Å². The zero-order valence-corrected chi connectivity index (χ0v) is 16.0. The molecule has 2 N–H and O–H groups in total. The molecule has 0 bridgehead atoms. The first-order valence-corrected chi connectivity index (χ1v) is 9.03. The van der Waals surface area contributed by atoms with Gasteiger partial charge in [-0.2, -0.15) is 4.98 Å². The van der Waals surface area contributed by atoms with E-state index in [1.807, 2.05) is 6.92 Å². The van der Waals surface area contributed by atoms with Gasteiger partial charge in [0, 0.05) is 18.5 Å². The van der Waals surface area contributed by atoms with Crippen LogP contribution in [0.4, 0.5) is 4.39 Å². The van der Waals surface area contributed by atoms with Crippen molar-refractivity contribution in [2.75, 3.05) is 7.05 Å². The van der Waals surface area contributed by atoms with E-state index in [0.29, 0.717) is 12.2 Å². The molecule has 0 aliphatic rings. The number of nitrogens with zero attached hydrogens (tertiary/aromatic N) is 2. The smallest absolute Gasteiger partial charge is 0.260 e. The molecule has 0 radical (unpaired) electrons. The van der Waals surface area contributed by atoms with Crippen LogP contribution >= 0.6 is 12.4 Å². The van der Waals surface area contributed by atoms with Crippen LogP contribution in [0.3, 0.4) is 0 Å². The molecule has 1 atom stereocenters. The maximum atomic E-state index is 14.1. The lowest BCUT2D eigenvalue weighted by Crippen LogP contribution is -2.30. The second kappa shape index (κ2) is 8.70. The monoisotopic (exact) mass is 392 g/mol. The summed E-state index contributed by atoms with van der Waals surface area (Å²) in [6.07, 6.45) is 0.508. The van der Waals surface area contributed by atoms with E-state index in [1.54, 1.807) is 20.9 Å². The van der Waals surface area contributed by atoms with Crippen LogP contribution in [0.2, 0.25) is 0 Å². The zero-order chi connectivity index (χ0) is 17.9. The molecule has 0 amide bonds. The summed E-state index contributed by atoms with van der Waals surface area (Å²) in [6.45, 7) is 5.35. The van der Waals surface area contributed by atoms with Crippen molar-refractivity contribution >= 4 is 22.4 Å². The Morgan fingerprint density at radius 3 is 2.56 bits per heavy atom. The number of likely N-dealkylation sites (N-methyl/N-ethyl adjacent to an activating group) is 1. The van der Waals surface area contributed by atoms with Crippen molar-refractivity contribution in [3.63, 3.8) is 0 Å². The molecule has 0 spiro atoms. The van der Waals surface area contributed by atoms with E-state index in [2.05, 4.69) is 20.2 Å². The fourth-order valence-electron chi connectivity index (χ4n) is 2.04. The number of aromatic nitrogens is 2. The largest absolute Gasteiger partial charge is 0.334 e. The predicted octanol–water partition coefficient (Wildman–Crippen LogP) is 2.13. The van der Waals surface area contributed by atoms with Gasteiger partial charge in [0.1, 0.15) is 5.82 Å². The molecule has 0 aliphatic heterocycles. The first kappa shape index (κ1) is 21.5. The maximum Gasteiger partial charge on any atom is 0.260 e.